The lowest BCUT2D eigenvalue weighted by molar-refractivity contribution is 0.468. The van der Waals surface area contributed by atoms with Gasteiger partial charge in [0.15, 0.2) is 9.84 Å². The minimum absolute atomic E-state index is 0.250. The number of aromatic nitrogens is 2. The fraction of sp³-hybridized carbons (Fsp3) is 0.0526. The summed E-state index contributed by atoms with van der Waals surface area (Å²) in [5, 5.41) is 0.823. The number of sulfone groups is 1. The number of fused-ring (bicyclic) bond motifs is 1. The number of nitrogens with zero attached hydrogens (tertiary/aromatic N) is 2. The van der Waals surface area contributed by atoms with E-state index in [2.05, 4.69) is 9.97 Å². The lowest BCUT2D eigenvalue weighted by Gasteiger charge is -2.06. The Hall–Kier alpha value is -2.77. The molecule has 2 aromatic heterocycles. The lowest BCUT2D eigenvalue weighted by Crippen LogP contribution is -1.96. The van der Waals surface area contributed by atoms with Crippen molar-refractivity contribution in [1.82, 2.24) is 9.97 Å². The molecule has 0 saturated carbocycles. The summed E-state index contributed by atoms with van der Waals surface area (Å²) in [5.74, 6) is 0.963. The molecule has 0 spiro atoms. The summed E-state index contributed by atoms with van der Waals surface area (Å²) in [7, 11) is -3.23. The Morgan fingerprint density at radius 2 is 1.69 bits per heavy atom. The summed E-state index contributed by atoms with van der Waals surface area (Å²) < 4.78 is 29.0. The zero-order valence-corrected chi connectivity index (χ0v) is 15.4. The zero-order valence-electron chi connectivity index (χ0n) is 13.8. The third kappa shape index (κ3) is 3.31. The van der Waals surface area contributed by atoms with Gasteiger partial charge in [0, 0.05) is 11.1 Å². The van der Waals surface area contributed by atoms with Gasteiger partial charge in [0.1, 0.15) is 16.9 Å². The van der Waals surface area contributed by atoms with Crippen LogP contribution in [-0.2, 0) is 9.84 Å². The van der Waals surface area contributed by atoms with E-state index in [1.54, 1.807) is 23.5 Å². The quantitative estimate of drug-likeness (QED) is 0.518. The highest BCUT2D eigenvalue weighted by atomic mass is 32.2. The fourth-order valence-corrected chi connectivity index (χ4v) is 4.15. The minimum Gasteiger partial charge on any atom is -0.438 e. The normalized spacial score (nSPS) is 11.6. The second-order valence-corrected chi connectivity index (χ2v) is 8.77. The van der Waals surface area contributed by atoms with Crippen molar-refractivity contribution in [2.45, 2.75) is 4.90 Å². The van der Waals surface area contributed by atoms with Gasteiger partial charge in [0.05, 0.1) is 10.3 Å². The Bertz CT molecular complexity index is 1170. The van der Waals surface area contributed by atoms with E-state index < -0.39 is 9.84 Å². The molecule has 4 aromatic rings. The first-order chi connectivity index (χ1) is 12.5. The van der Waals surface area contributed by atoms with E-state index in [0.717, 1.165) is 20.7 Å². The smallest absolute Gasteiger partial charge is 0.231 e. The Kier molecular flexibility index (Phi) is 4.18. The zero-order chi connectivity index (χ0) is 18.1. The van der Waals surface area contributed by atoms with Crippen LogP contribution in [0.4, 0.5) is 0 Å². The van der Waals surface area contributed by atoms with Crippen LogP contribution in [0.1, 0.15) is 0 Å². The van der Waals surface area contributed by atoms with E-state index in [1.807, 2.05) is 36.4 Å². The van der Waals surface area contributed by atoms with Gasteiger partial charge in [-0.05, 0) is 35.9 Å². The summed E-state index contributed by atoms with van der Waals surface area (Å²) in [6.07, 6.45) is 2.64. The van der Waals surface area contributed by atoms with E-state index in [4.69, 9.17) is 4.74 Å². The molecule has 0 atom stereocenters. The van der Waals surface area contributed by atoms with Crippen LogP contribution in [0, 0.1) is 0 Å². The highest BCUT2D eigenvalue weighted by Crippen LogP contribution is 2.37. The molecule has 0 aliphatic carbocycles. The second kappa shape index (κ2) is 6.51. The number of benzene rings is 2. The summed E-state index contributed by atoms with van der Waals surface area (Å²) in [5.41, 5.74) is 1.11. The molecule has 26 heavy (non-hydrogen) atoms. The average molecular weight is 382 g/mol. The number of hydrogen-bond donors (Lipinski definition) is 0. The van der Waals surface area contributed by atoms with Gasteiger partial charge >= 0.3 is 0 Å². The summed E-state index contributed by atoms with van der Waals surface area (Å²) >= 11 is 1.57. The molecule has 0 aliphatic heterocycles. The van der Waals surface area contributed by atoms with Crippen LogP contribution >= 0.6 is 11.3 Å². The molecule has 2 heterocycles. The third-order valence-electron chi connectivity index (χ3n) is 3.82. The van der Waals surface area contributed by atoms with Crippen molar-refractivity contribution >= 4 is 31.4 Å². The van der Waals surface area contributed by atoms with Gasteiger partial charge in [-0.2, -0.15) is 0 Å². The molecule has 0 fully saturated rings. The Morgan fingerprint density at radius 3 is 2.38 bits per heavy atom. The van der Waals surface area contributed by atoms with Crippen molar-refractivity contribution in [3.63, 3.8) is 0 Å². The lowest BCUT2D eigenvalue weighted by atomic mass is 10.2. The van der Waals surface area contributed by atoms with Gasteiger partial charge in [-0.15, -0.1) is 11.3 Å². The van der Waals surface area contributed by atoms with Crippen molar-refractivity contribution in [2.24, 2.45) is 0 Å². The molecule has 0 amide bonds. The highest BCUT2D eigenvalue weighted by Gasteiger charge is 2.12. The van der Waals surface area contributed by atoms with Crippen LogP contribution in [0.5, 0.6) is 11.6 Å². The van der Waals surface area contributed by atoms with Crippen molar-refractivity contribution in [1.29, 1.82) is 0 Å². The Labute approximate surface area is 154 Å². The maximum Gasteiger partial charge on any atom is 0.231 e. The van der Waals surface area contributed by atoms with Gasteiger partial charge in [-0.25, -0.2) is 18.4 Å². The fourth-order valence-electron chi connectivity index (χ4n) is 2.53. The number of ether oxygens (including phenoxy) is 1. The van der Waals surface area contributed by atoms with E-state index in [9.17, 15) is 8.42 Å². The molecule has 7 heteroatoms. The van der Waals surface area contributed by atoms with Crippen molar-refractivity contribution < 1.29 is 13.2 Å². The summed E-state index contributed by atoms with van der Waals surface area (Å²) in [6.45, 7) is 0. The molecule has 0 N–H and O–H groups in total. The van der Waals surface area contributed by atoms with Crippen molar-refractivity contribution in [2.75, 3.05) is 6.26 Å². The first-order valence-electron chi connectivity index (χ1n) is 7.79. The van der Waals surface area contributed by atoms with Gasteiger partial charge < -0.3 is 4.74 Å². The van der Waals surface area contributed by atoms with Crippen LogP contribution in [0.15, 0.2) is 71.9 Å². The topological polar surface area (TPSA) is 69.2 Å². The molecule has 2 aromatic carbocycles. The number of hydrogen-bond acceptors (Lipinski definition) is 6. The van der Waals surface area contributed by atoms with Crippen LogP contribution < -0.4 is 4.74 Å². The molecular formula is C19H14N2O3S2. The maximum absolute atomic E-state index is 11.6. The molecule has 4 rings (SSSR count). The molecule has 0 radical (unpaired) electrons. The average Bonchev–Trinajstić information content (AvgIpc) is 3.08. The predicted octanol–water partition coefficient (Wildman–Crippen LogP) is 4.55. The van der Waals surface area contributed by atoms with Crippen molar-refractivity contribution in [3.8, 4) is 22.1 Å². The number of thiophene rings is 1. The second-order valence-electron chi connectivity index (χ2n) is 5.72. The maximum atomic E-state index is 11.6. The molecule has 0 bridgehead atoms. The highest BCUT2D eigenvalue weighted by molar-refractivity contribution is 7.90. The third-order valence-corrected chi connectivity index (χ3v) is 6.04. The van der Waals surface area contributed by atoms with Crippen LogP contribution in [0.25, 0.3) is 20.7 Å². The molecular weight excluding hydrogens is 368 g/mol. The molecule has 5 nitrogen and oxygen atoms in total. The predicted molar refractivity (Wildman–Crippen MR) is 102 cm³/mol. The molecule has 0 aliphatic rings. The molecule has 0 unspecified atom stereocenters. The largest absolute Gasteiger partial charge is 0.438 e. The van der Waals surface area contributed by atoms with Gasteiger partial charge in [0.25, 0.3) is 0 Å². The summed E-state index contributed by atoms with van der Waals surface area (Å²) in [6, 6.07) is 18.3. The number of rotatable bonds is 4. The first-order valence-corrected chi connectivity index (χ1v) is 10.5. The van der Waals surface area contributed by atoms with Crippen LogP contribution in [0.3, 0.4) is 0 Å². The van der Waals surface area contributed by atoms with Crippen molar-refractivity contribution in [3.05, 3.63) is 67.0 Å². The van der Waals surface area contributed by atoms with Gasteiger partial charge in [0.2, 0.25) is 5.88 Å². The van der Waals surface area contributed by atoms with E-state index in [-0.39, 0.29) is 4.90 Å². The van der Waals surface area contributed by atoms with Crippen LogP contribution in [-0.4, -0.2) is 24.6 Å². The van der Waals surface area contributed by atoms with Gasteiger partial charge in [-0.3, -0.25) is 0 Å². The minimum atomic E-state index is -3.23. The molecule has 0 saturated heterocycles. The Balaban J connectivity index is 1.70. The monoisotopic (exact) mass is 382 g/mol. The van der Waals surface area contributed by atoms with E-state index in [0.29, 0.717) is 11.6 Å². The standard InChI is InChI=1S/C19H14N2O3S2/c1-26(22,23)15-9-7-14(8-10-15)24-18-16-11-17(13-5-3-2-4-6-13)25-19(16)21-12-20-18/h2-12H,1H3. The molecule has 130 valence electrons. The summed E-state index contributed by atoms with van der Waals surface area (Å²) in [4.78, 5) is 10.7. The van der Waals surface area contributed by atoms with E-state index in [1.165, 1.54) is 24.7 Å². The van der Waals surface area contributed by atoms with E-state index >= 15 is 0 Å². The Morgan fingerprint density at radius 1 is 0.962 bits per heavy atom. The van der Waals surface area contributed by atoms with Crippen LogP contribution in [0.2, 0.25) is 0 Å². The first kappa shape index (κ1) is 16.7. The SMILES string of the molecule is CS(=O)(=O)c1ccc(Oc2ncnc3sc(-c4ccccc4)cc23)cc1. The van der Waals surface area contributed by atoms with Gasteiger partial charge in [-0.1, -0.05) is 30.3 Å².